The summed E-state index contributed by atoms with van der Waals surface area (Å²) in [5.41, 5.74) is 0.532. The Morgan fingerprint density at radius 3 is 2.65 bits per heavy atom. The third-order valence-corrected chi connectivity index (χ3v) is 4.07. The van der Waals surface area contributed by atoms with Gasteiger partial charge in [0, 0.05) is 25.4 Å². The molecule has 2 N–H and O–H groups in total. The molecule has 128 valence electrons. The average molecular weight is 342 g/mol. The normalized spacial score (nSPS) is 11.8. The van der Waals surface area contributed by atoms with Crippen LogP contribution in [0.1, 0.15) is 20.3 Å². The second-order valence-corrected chi connectivity index (χ2v) is 6.18. The predicted molar refractivity (Wildman–Crippen MR) is 91.1 cm³/mol. The summed E-state index contributed by atoms with van der Waals surface area (Å²) >= 11 is 1.25. The zero-order valence-corrected chi connectivity index (χ0v) is 14.2. The molecule has 0 fully saturated rings. The Balaban J connectivity index is 2.20. The first-order valence-corrected chi connectivity index (χ1v) is 8.60. The van der Waals surface area contributed by atoms with Crippen LogP contribution in [0.4, 0.5) is 10.1 Å². The van der Waals surface area contributed by atoms with Crippen molar-refractivity contribution in [1.29, 1.82) is 0 Å². The largest absolute Gasteiger partial charge is 0.382 e. The summed E-state index contributed by atoms with van der Waals surface area (Å²) in [6, 6.07) is 5.54. The van der Waals surface area contributed by atoms with Crippen molar-refractivity contribution in [3.8, 4) is 0 Å². The summed E-state index contributed by atoms with van der Waals surface area (Å²) in [6.45, 7) is 5.54. The van der Waals surface area contributed by atoms with Crippen LogP contribution in [0, 0.1) is 5.82 Å². The number of rotatable bonds is 10. The Kier molecular flexibility index (Phi) is 9.31. The second-order valence-electron chi connectivity index (χ2n) is 4.85. The number of amides is 2. The Morgan fingerprint density at radius 2 is 2.00 bits per heavy atom. The van der Waals surface area contributed by atoms with Crippen LogP contribution in [0.3, 0.4) is 0 Å². The lowest BCUT2D eigenvalue weighted by atomic mass is 10.3. The molecule has 2 amide bonds. The maximum absolute atomic E-state index is 12.8. The summed E-state index contributed by atoms with van der Waals surface area (Å²) in [4.78, 5) is 23.6. The number of anilines is 1. The quantitative estimate of drug-likeness (QED) is 0.641. The van der Waals surface area contributed by atoms with E-state index in [0.717, 1.165) is 6.42 Å². The highest BCUT2D eigenvalue weighted by Crippen LogP contribution is 2.13. The van der Waals surface area contributed by atoms with Crippen LogP contribution in [-0.4, -0.2) is 42.6 Å². The van der Waals surface area contributed by atoms with Crippen molar-refractivity contribution in [2.24, 2.45) is 0 Å². The van der Waals surface area contributed by atoms with Gasteiger partial charge in [0.1, 0.15) is 5.82 Å². The van der Waals surface area contributed by atoms with Gasteiger partial charge >= 0.3 is 0 Å². The molecule has 23 heavy (non-hydrogen) atoms. The molecule has 1 aromatic rings. The standard InChI is InChI=1S/C16H23FN2O3S/c1-3-22-10-4-9-18-16(21)12(2)23-11-15(20)19-14-7-5-13(17)6-8-14/h5-8,12H,3-4,9-11H2,1-2H3,(H,18,21)(H,19,20). The van der Waals surface area contributed by atoms with Crippen molar-refractivity contribution in [1.82, 2.24) is 5.32 Å². The Morgan fingerprint density at radius 1 is 1.30 bits per heavy atom. The minimum atomic E-state index is -0.355. The highest BCUT2D eigenvalue weighted by molar-refractivity contribution is 8.01. The van der Waals surface area contributed by atoms with Crippen LogP contribution in [-0.2, 0) is 14.3 Å². The SMILES string of the molecule is CCOCCCNC(=O)C(C)SCC(=O)Nc1ccc(F)cc1. The topological polar surface area (TPSA) is 67.4 Å². The lowest BCUT2D eigenvalue weighted by Crippen LogP contribution is -2.33. The van der Waals surface area contributed by atoms with E-state index in [2.05, 4.69) is 10.6 Å². The maximum Gasteiger partial charge on any atom is 0.234 e. The molecule has 0 bridgehead atoms. The average Bonchev–Trinajstić information content (AvgIpc) is 2.54. The fourth-order valence-electron chi connectivity index (χ4n) is 1.68. The number of hydrogen-bond donors (Lipinski definition) is 2. The minimum Gasteiger partial charge on any atom is -0.382 e. The van der Waals surface area contributed by atoms with Crippen molar-refractivity contribution < 1.29 is 18.7 Å². The summed E-state index contributed by atoms with van der Waals surface area (Å²) in [5, 5.41) is 5.14. The first kappa shape index (κ1) is 19.4. The Bertz CT molecular complexity index is 497. The van der Waals surface area contributed by atoms with E-state index in [1.54, 1.807) is 6.92 Å². The maximum atomic E-state index is 12.8. The second kappa shape index (κ2) is 11.0. The van der Waals surface area contributed by atoms with Crippen molar-refractivity contribution >= 4 is 29.3 Å². The number of thioether (sulfide) groups is 1. The molecule has 7 heteroatoms. The number of benzene rings is 1. The van der Waals surface area contributed by atoms with Crippen LogP contribution in [0.15, 0.2) is 24.3 Å². The van der Waals surface area contributed by atoms with E-state index in [0.29, 0.717) is 25.4 Å². The van der Waals surface area contributed by atoms with E-state index in [1.807, 2.05) is 6.92 Å². The molecular weight excluding hydrogens is 319 g/mol. The fraction of sp³-hybridized carbons (Fsp3) is 0.500. The molecule has 0 aromatic heterocycles. The van der Waals surface area contributed by atoms with Gasteiger partial charge in [0.2, 0.25) is 11.8 Å². The number of nitrogens with one attached hydrogen (secondary N) is 2. The summed E-state index contributed by atoms with van der Waals surface area (Å²) < 4.78 is 18.0. The van der Waals surface area contributed by atoms with Crippen molar-refractivity contribution in [3.63, 3.8) is 0 Å². The van der Waals surface area contributed by atoms with Gasteiger partial charge in [0.15, 0.2) is 0 Å². The molecule has 0 radical (unpaired) electrons. The van der Waals surface area contributed by atoms with Crippen LogP contribution < -0.4 is 10.6 Å². The molecule has 0 aliphatic carbocycles. The predicted octanol–water partition coefficient (Wildman–Crippen LogP) is 2.43. The number of ether oxygens (including phenoxy) is 1. The van der Waals surface area contributed by atoms with Crippen molar-refractivity contribution in [2.45, 2.75) is 25.5 Å². The zero-order chi connectivity index (χ0) is 17.1. The van der Waals surface area contributed by atoms with E-state index < -0.39 is 0 Å². The minimum absolute atomic E-state index is 0.0962. The third kappa shape index (κ3) is 8.56. The first-order valence-electron chi connectivity index (χ1n) is 7.55. The van der Waals surface area contributed by atoms with E-state index >= 15 is 0 Å². The lowest BCUT2D eigenvalue weighted by Gasteiger charge is -2.12. The molecule has 0 spiro atoms. The molecule has 0 heterocycles. The van der Waals surface area contributed by atoms with Gasteiger partial charge in [-0.1, -0.05) is 0 Å². The zero-order valence-electron chi connectivity index (χ0n) is 13.4. The van der Waals surface area contributed by atoms with Crippen LogP contribution in [0.5, 0.6) is 0 Å². The number of carbonyl (C=O) groups is 2. The molecule has 0 saturated carbocycles. The van der Waals surface area contributed by atoms with E-state index in [-0.39, 0.29) is 28.6 Å². The van der Waals surface area contributed by atoms with Gasteiger partial charge < -0.3 is 15.4 Å². The van der Waals surface area contributed by atoms with E-state index in [4.69, 9.17) is 4.74 Å². The molecule has 1 aromatic carbocycles. The Hall–Kier alpha value is -1.60. The molecule has 1 atom stereocenters. The van der Waals surface area contributed by atoms with Gasteiger partial charge in [-0.2, -0.15) is 0 Å². The summed E-state index contributed by atoms with van der Waals surface area (Å²) in [6.07, 6.45) is 0.766. The molecule has 5 nitrogen and oxygen atoms in total. The molecule has 1 rings (SSSR count). The van der Waals surface area contributed by atoms with Gasteiger partial charge in [-0.05, 0) is 44.5 Å². The molecule has 0 saturated heterocycles. The molecule has 0 aliphatic rings. The highest BCUT2D eigenvalue weighted by Gasteiger charge is 2.14. The van der Waals surface area contributed by atoms with Crippen LogP contribution in [0.2, 0.25) is 0 Å². The number of hydrogen-bond acceptors (Lipinski definition) is 4. The van der Waals surface area contributed by atoms with Gasteiger partial charge in [0.25, 0.3) is 0 Å². The van der Waals surface area contributed by atoms with Gasteiger partial charge in [-0.3, -0.25) is 9.59 Å². The number of halogens is 1. The smallest absolute Gasteiger partial charge is 0.234 e. The van der Waals surface area contributed by atoms with Gasteiger partial charge in [-0.25, -0.2) is 4.39 Å². The first-order chi connectivity index (χ1) is 11.0. The lowest BCUT2D eigenvalue weighted by molar-refractivity contribution is -0.120. The summed E-state index contributed by atoms with van der Waals surface area (Å²) in [7, 11) is 0. The van der Waals surface area contributed by atoms with E-state index in [9.17, 15) is 14.0 Å². The fourth-order valence-corrected chi connectivity index (χ4v) is 2.39. The highest BCUT2D eigenvalue weighted by atomic mass is 32.2. The van der Waals surface area contributed by atoms with Crippen molar-refractivity contribution in [2.75, 3.05) is 30.8 Å². The van der Waals surface area contributed by atoms with Gasteiger partial charge in [-0.15, -0.1) is 11.8 Å². The van der Waals surface area contributed by atoms with Gasteiger partial charge in [0.05, 0.1) is 11.0 Å². The van der Waals surface area contributed by atoms with Crippen molar-refractivity contribution in [3.05, 3.63) is 30.1 Å². The monoisotopic (exact) mass is 342 g/mol. The van der Waals surface area contributed by atoms with Crippen LogP contribution in [0.25, 0.3) is 0 Å². The Labute approximate surface area is 140 Å². The molecule has 0 aliphatic heterocycles. The molecule has 1 unspecified atom stereocenters. The summed E-state index contributed by atoms with van der Waals surface area (Å²) in [5.74, 6) is -0.518. The van der Waals surface area contributed by atoms with Crippen LogP contribution >= 0.6 is 11.8 Å². The molecular formula is C16H23FN2O3S. The number of carbonyl (C=O) groups excluding carboxylic acids is 2. The third-order valence-electron chi connectivity index (χ3n) is 2.93. The van der Waals surface area contributed by atoms with E-state index in [1.165, 1.54) is 36.0 Å².